The average molecular weight is 264 g/mol. The van der Waals surface area contributed by atoms with E-state index >= 15 is 0 Å². The molecule has 1 unspecified atom stereocenters. The largest absolute Gasteiger partial charge is 0.369 e. The van der Waals surface area contributed by atoms with Crippen molar-refractivity contribution in [3.63, 3.8) is 0 Å². The van der Waals surface area contributed by atoms with Crippen molar-refractivity contribution in [3.05, 3.63) is 29.6 Å². The second-order valence-electron chi connectivity index (χ2n) is 5.48. The quantitative estimate of drug-likeness (QED) is 0.903. The first-order valence-corrected chi connectivity index (χ1v) is 7.48. The number of nitrogens with two attached hydrogens (primary N) is 1. The van der Waals surface area contributed by atoms with Crippen LogP contribution in [-0.2, 0) is 6.42 Å². The summed E-state index contributed by atoms with van der Waals surface area (Å²) in [6.07, 6.45) is 5.59. The SMILES string of the molecule is CCC1CCCN(c2c(F)cccc2CCN)CC1. The predicted octanol–water partition coefficient (Wildman–Crippen LogP) is 3.34. The van der Waals surface area contributed by atoms with E-state index in [2.05, 4.69) is 11.8 Å². The highest BCUT2D eigenvalue weighted by Gasteiger charge is 2.20. The van der Waals surface area contributed by atoms with Gasteiger partial charge in [0.25, 0.3) is 0 Å². The summed E-state index contributed by atoms with van der Waals surface area (Å²) in [5.74, 6) is 0.704. The number of anilines is 1. The zero-order chi connectivity index (χ0) is 13.7. The summed E-state index contributed by atoms with van der Waals surface area (Å²) in [5, 5.41) is 0. The van der Waals surface area contributed by atoms with Crippen molar-refractivity contribution in [3.8, 4) is 0 Å². The smallest absolute Gasteiger partial charge is 0.146 e. The molecule has 0 amide bonds. The van der Waals surface area contributed by atoms with Crippen molar-refractivity contribution in [1.82, 2.24) is 0 Å². The van der Waals surface area contributed by atoms with E-state index < -0.39 is 0 Å². The molecule has 0 bridgehead atoms. The van der Waals surface area contributed by atoms with Crippen LogP contribution in [0, 0.1) is 11.7 Å². The first kappa shape index (κ1) is 14.3. The van der Waals surface area contributed by atoms with Crippen LogP contribution in [0.4, 0.5) is 10.1 Å². The van der Waals surface area contributed by atoms with Gasteiger partial charge in [0.05, 0.1) is 5.69 Å². The molecule has 1 aliphatic heterocycles. The predicted molar refractivity (Wildman–Crippen MR) is 79.0 cm³/mol. The summed E-state index contributed by atoms with van der Waals surface area (Å²) in [6, 6.07) is 5.36. The fourth-order valence-electron chi connectivity index (χ4n) is 3.07. The topological polar surface area (TPSA) is 29.3 Å². The van der Waals surface area contributed by atoms with Crippen molar-refractivity contribution in [2.24, 2.45) is 11.7 Å². The molecule has 3 heteroatoms. The molecule has 1 aliphatic rings. The average Bonchev–Trinajstić information content (AvgIpc) is 2.64. The van der Waals surface area contributed by atoms with Crippen LogP contribution < -0.4 is 10.6 Å². The van der Waals surface area contributed by atoms with Crippen molar-refractivity contribution in [2.75, 3.05) is 24.5 Å². The third-order valence-corrected chi connectivity index (χ3v) is 4.23. The molecule has 2 nitrogen and oxygen atoms in total. The Morgan fingerprint density at radius 1 is 1.32 bits per heavy atom. The van der Waals surface area contributed by atoms with Gasteiger partial charge in [0.2, 0.25) is 0 Å². The molecule has 19 heavy (non-hydrogen) atoms. The fraction of sp³-hybridized carbons (Fsp3) is 0.625. The van der Waals surface area contributed by atoms with Crippen molar-refractivity contribution >= 4 is 5.69 Å². The maximum absolute atomic E-state index is 14.2. The van der Waals surface area contributed by atoms with Gasteiger partial charge in [-0.05, 0) is 49.8 Å². The van der Waals surface area contributed by atoms with Gasteiger partial charge >= 0.3 is 0 Å². The van der Waals surface area contributed by atoms with Crippen molar-refractivity contribution in [1.29, 1.82) is 0 Å². The minimum atomic E-state index is -0.0964. The second kappa shape index (κ2) is 6.90. The molecule has 0 radical (unpaired) electrons. The minimum Gasteiger partial charge on any atom is -0.369 e. The zero-order valence-electron chi connectivity index (χ0n) is 11.9. The summed E-state index contributed by atoms with van der Waals surface area (Å²) in [6.45, 7) is 4.76. The molecule has 1 saturated heterocycles. The Morgan fingerprint density at radius 2 is 2.16 bits per heavy atom. The van der Waals surface area contributed by atoms with Gasteiger partial charge in [-0.15, -0.1) is 0 Å². The van der Waals surface area contributed by atoms with Crippen LogP contribution in [0.1, 0.15) is 38.2 Å². The van der Waals surface area contributed by atoms with E-state index in [1.165, 1.54) is 19.3 Å². The highest BCUT2D eigenvalue weighted by Crippen LogP contribution is 2.29. The molecular weight excluding hydrogens is 239 g/mol. The summed E-state index contributed by atoms with van der Waals surface area (Å²) >= 11 is 0. The van der Waals surface area contributed by atoms with Gasteiger partial charge < -0.3 is 10.6 Å². The third kappa shape index (κ3) is 3.47. The van der Waals surface area contributed by atoms with E-state index in [9.17, 15) is 4.39 Å². The van der Waals surface area contributed by atoms with Gasteiger partial charge in [-0.1, -0.05) is 25.5 Å². The molecule has 106 valence electrons. The highest BCUT2D eigenvalue weighted by atomic mass is 19.1. The van der Waals surface area contributed by atoms with Crippen LogP contribution in [0.3, 0.4) is 0 Å². The van der Waals surface area contributed by atoms with Crippen LogP contribution in [0.2, 0.25) is 0 Å². The molecule has 0 saturated carbocycles. The van der Waals surface area contributed by atoms with Crippen LogP contribution in [-0.4, -0.2) is 19.6 Å². The lowest BCUT2D eigenvalue weighted by atomic mass is 9.98. The molecular formula is C16H25FN2. The fourth-order valence-corrected chi connectivity index (χ4v) is 3.07. The number of para-hydroxylation sites is 1. The Balaban J connectivity index is 2.20. The van der Waals surface area contributed by atoms with E-state index in [-0.39, 0.29) is 5.82 Å². The van der Waals surface area contributed by atoms with Crippen molar-refractivity contribution in [2.45, 2.75) is 39.0 Å². The van der Waals surface area contributed by atoms with Crippen LogP contribution in [0.25, 0.3) is 0 Å². The van der Waals surface area contributed by atoms with Crippen molar-refractivity contribution < 1.29 is 4.39 Å². The van der Waals surface area contributed by atoms with E-state index in [1.807, 2.05) is 6.07 Å². The maximum Gasteiger partial charge on any atom is 0.146 e. The first-order chi connectivity index (χ1) is 9.26. The lowest BCUT2D eigenvalue weighted by molar-refractivity contribution is 0.459. The molecule has 0 aliphatic carbocycles. The summed E-state index contributed by atoms with van der Waals surface area (Å²) in [7, 11) is 0. The number of halogens is 1. The Kier molecular flexibility index (Phi) is 5.20. The highest BCUT2D eigenvalue weighted by molar-refractivity contribution is 5.55. The van der Waals surface area contributed by atoms with Gasteiger partial charge in [-0.25, -0.2) is 4.39 Å². The van der Waals surface area contributed by atoms with E-state index in [0.29, 0.717) is 6.54 Å². The number of nitrogens with zero attached hydrogens (tertiary/aromatic N) is 1. The number of hydrogen-bond acceptors (Lipinski definition) is 2. The lowest BCUT2D eigenvalue weighted by Crippen LogP contribution is -2.27. The van der Waals surface area contributed by atoms with E-state index in [1.54, 1.807) is 12.1 Å². The Hall–Kier alpha value is -1.09. The minimum absolute atomic E-state index is 0.0964. The summed E-state index contributed by atoms with van der Waals surface area (Å²) in [5.41, 5.74) is 7.49. The van der Waals surface area contributed by atoms with E-state index in [0.717, 1.165) is 43.1 Å². The number of hydrogen-bond donors (Lipinski definition) is 1. The maximum atomic E-state index is 14.2. The van der Waals surface area contributed by atoms with Gasteiger partial charge in [0, 0.05) is 13.1 Å². The van der Waals surface area contributed by atoms with Gasteiger partial charge in [-0.3, -0.25) is 0 Å². The molecule has 2 N–H and O–H groups in total. The Bertz CT molecular complexity index is 406. The second-order valence-corrected chi connectivity index (χ2v) is 5.48. The van der Waals surface area contributed by atoms with Crippen LogP contribution in [0.5, 0.6) is 0 Å². The lowest BCUT2D eigenvalue weighted by Gasteiger charge is -2.26. The molecule has 1 heterocycles. The third-order valence-electron chi connectivity index (χ3n) is 4.23. The molecule has 1 aromatic carbocycles. The molecule has 0 spiro atoms. The van der Waals surface area contributed by atoms with Gasteiger partial charge in [0.1, 0.15) is 5.82 Å². The number of benzene rings is 1. The van der Waals surface area contributed by atoms with E-state index in [4.69, 9.17) is 5.73 Å². The number of rotatable bonds is 4. The summed E-state index contributed by atoms with van der Waals surface area (Å²) in [4.78, 5) is 2.23. The monoisotopic (exact) mass is 264 g/mol. The molecule has 1 atom stereocenters. The van der Waals surface area contributed by atoms with Crippen LogP contribution in [0.15, 0.2) is 18.2 Å². The van der Waals surface area contributed by atoms with Crippen LogP contribution >= 0.6 is 0 Å². The summed E-state index contributed by atoms with van der Waals surface area (Å²) < 4.78 is 14.2. The molecule has 1 aromatic rings. The normalized spacial score (nSPS) is 20.4. The zero-order valence-corrected chi connectivity index (χ0v) is 11.9. The standard InChI is InChI=1S/C16H25FN2/c1-2-13-5-4-11-19(12-9-13)16-14(8-10-18)6-3-7-15(16)17/h3,6-7,13H,2,4-5,8-12,18H2,1H3. The Morgan fingerprint density at radius 3 is 2.89 bits per heavy atom. The Labute approximate surface area is 115 Å². The molecule has 2 rings (SSSR count). The van der Waals surface area contributed by atoms with Gasteiger partial charge in [0.15, 0.2) is 0 Å². The molecule has 0 aromatic heterocycles. The van der Waals surface area contributed by atoms with Gasteiger partial charge in [-0.2, -0.15) is 0 Å². The molecule has 1 fully saturated rings. The first-order valence-electron chi connectivity index (χ1n) is 7.48.